The Hall–Kier alpha value is -1.09. The fourth-order valence-corrected chi connectivity index (χ4v) is 2.46. The van der Waals surface area contributed by atoms with E-state index in [0.29, 0.717) is 22.5 Å². The first-order valence-corrected chi connectivity index (χ1v) is 5.88. The first kappa shape index (κ1) is 11.4. The van der Waals surface area contributed by atoms with E-state index in [1.807, 2.05) is 4.90 Å². The Kier molecular flexibility index (Phi) is 3.15. The van der Waals surface area contributed by atoms with Gasteiger partial charge in [-0.3, -0.25) is 9.78 Å². The molecule has 16 heavy (non-hydrogen) atoms. The smallest absolute Gasteiger partial charge is 0.257 e. The predicted molar refractivity (Wildman–Crippen MR) is 63.5 cm³/mol. The lowest BCUT2D eigenvalue weighted by molar-refractivity contribution is 0.0743. The molecule has 0 saturated carbocycles. The standard InChI is InChI=1S/C12H15ClN2O/c1-8-5-9(2)15(7-8)12(16)10-6-14-4-3-11(10)13/h3-4,6,8-9H,5,7H2,1-2H3. The van der Waals surface area contributed by atoms with Crippen LogP contribution in [0.25, 0.3) is 0 Å². The Balaban J connectivity index is 2.23. The van der Waals surface area contributed by atoms with Crippen molar-refractivity contribution >= 4 is 17.5 Å². The molecule has 1 fully saturated rings. The highest BCUT2D eigenvalue weighted by Crippen LogP contribution is 2.26. The van der Waals surface area contributed by atoms with Gasteiger partial charge in [0.25, 0.3) is 5.91 Å². The van der Waals surface area contributed by atoms with Crippen molar-refractivity contribution in [3.8, 4) is 0 Å². The van der Waals surface area contributed by atoms with Crippen molar-refractivity contribution in [2.45, 2.75) is 26.3 Å². The number of carbonyl (C=O) groups excluding carboxylic acids is 1. The number of amides is 1. The topological polar surface area (TPSA) is 33.2 Å². The van der Waals surface area contributed by atoms with E-state index in [9.17, 15) is 4.79 Å². The summed E-state index contributed by atoms with van der Waals surface area (Å²) < 4.78 is 0. The van der Waals surface area contributed by atoms with E-state index < -0.39 is 0 Å². The quantitative estimate of drug-likeness (QED) is 0.754. The molecule has 0 aromatic carbocycles. The van der Waals surface area contributed by atoms with E-state index in [1.54, 1.807) is 18.5 Å². The summed E-state index contributed by atoms with van der Waals surface area (Å²) in [5.74, 6) is 0.560. The van der Waals surface area contributed by atoms with Crippen molar-refractivity contribution in [1.29, 1.82) is 0 Å². The van der Waals surface area contributed by atoms with Gasteiger partial charge in [-0.15, -0.1) is 0 Å². The van der Waals surface area contributed by atoms with Crippen LogP contribution < -0.4 is 0 Å². The highest BCUT2D eigenvalue weighted by Gasteiger charge is 2.31. The van der Waals surface area contributed by atoms with Crippen LogP contribution in [0.1, 0.15) is 30.6 Å². The van der Waals surface area contributed by atoms with Gasteiger partial charge in [-0.2, -0.15) is 0 Å². The minimum Gasteiger partial charge on any atom is -0.336 e. The second-order valence-corrected chi connectivity index (χ2v) is 4.91. The summed E-state index contributed by atoms with van der Waals surface area (Å²) in [6.07, 6.45) is 4.19. The van der Waals surface area contributed by atoms with E-state index >= 15 is 0 Å². The maximum absolute atomic E-state index is 12.2. The maximum Gasteiger partial charge on any atom is 0.257 e. The van der Waals surface area contributed by atoms with Crippen LogP contribution in [0.5, 0.6) is 0 Å². The molecular weight excluding hydrogens is 224 g/mol. The Morgan fingerprint density at radius 1 is 1.56 bits per heavy atom. The summed E-state index contributed by atoms with van der Waals surface area (Å²) in [6.45, 7) is 5.05. The number of carbonyl (C=O) groups is 1. The van der Waals surface area contributed by atoms with Crippen LogP contribution in [0.15, 0.2) is 18.5 Å². The van der Waals surface area contributed by atoms with Crippen LogP contribution in [-0.2, 0) is 0 Å². The number of pyridine rings is 1. The maximum atomic E-state index is 12.2. The SMILES string of the molecule is CC1CC(C)N(C(=O)c2cnccc2Cl)C1. The van der Waals surface area contributed by atoms with Gasteiger partial charge >= 0.3 is 0 Å². The summed E-state index contributed by atoms with van der Waals surface area (Å²) in [5.41, 5.74) is 0.505. The Bertz CT molecular complexity index is 408. The average molecular weight is 239 g/mol. The third-order valence-corrected chi connectivity index (χ3v) is 3.37. The second kappa shape index (κ2) is 4.42. The minimum atomic E-state index is -0.00468. The van der Waals surface area contributed by atoms with Gasteiger partial charge in [0.1, 0.15) is 0 Å². The number of aromatic nitrogens is 1. The summed E-state index contributed by atoms with van der Waals surface area (Å²) >= 11 is 5.99. The molecule has 1 saturated heterocycles. The lowest BCUT2D eigenvalue weighted by Crippen LogP contribution is -2.34. The monoisotopic (exact) mass is 238 g/mol. The van der Waals surface area contributed by atoms with Crippen molar-refractivity contribution in [3.05, 3.63) is 29.0 Å². The van der Waals surface area contributed by atoms with E-state index in [1.165, 1.54) is 0 Å². The molecule has 2 heterocycles. The number of halogens is 1. The molecule has 2 rings (SSSR count). The number of hydrogen-bond acceptors (Lipinski definition) is 2. The zero-order valence-corrected chi connectivity index (χ0v) is 10.2. The first-order chi connectivity index (χ1) is 7.59. The fraction of sp³-hybridized carbons (Fsp3) is 0.500. The van der Waals surface area contributed by atoms with Gasteiger partial charge in [0.2, 0.25) is 0 Å². The number of hydrogen-bond donors (Lipinski definition) is 0. The molecule has 2 atom stereocenters. The van der Waals surface area contributed by atoms with E-state index in [4.69, 9.17) is 11.6 Å². The molecule has 1 aliphatic heterocycles. The normalized spacial score (nSPS) is 24.8. The molecule has 1 aromatic rings. The molecule has 86 valence electrons. The van der Waals surface area contributed by atoms with E-state index in [0.717, 1.165) is 13.0 Å². The molecule has 4 heteroatoms. The Labute approximate surface area is 100 Å². The van der Waals surface area contributed by atoms with Crippen LogP contribution in [0.2, 0.25) is 5.02 Å². The summed E-state index contributed by atoms with van der Waals surface area (Å²) in [4.78, 5) is 18.1. The molecule has 3 nitrogen and oxygen atoms in total. The van der Waals surface area contributed by atoms with Gasteiger partial charge < -0.3 is 4.90 Å². The van der Waals surface area contributed by atoms with Crippen molar-refractivity contribution in [1.82, 2.24) is 9.88 Å². The second-order valence-electron chi connectivity index (χ2n) is 4.50. The van der Waals surface area contributed by atoms with Crippen molar-refractivity contribution < 1.29 is 4.79 Å². The lowest BCUT2D eigenvalue weighted by atomic mass is 10.1. The summed E-state index contributed by atoms with van der Waals surface area (Å²) in [5, 5.41) is 0.478. The van der Waals surface area contributed by atoms with E-state index in [2.05, 4.69) is 18.8 Å². The Morgan fingerprint density at radius 2 is 2.31 bits per heavy atom. The highest BCUT2D eigenvalue weighted by atomic mass is 35.5. The Morgan fingerprint density at radius 3 is 2.88 bits per heavy atom. The molecule has 0 bridgehead atoms. The number of likely N-dealkylation sites (tertiary alicyclic amines) is 1. The third kappa shape index (κ3) is 2.05. The van der Waals surface area contributed by atoms with Crippen molar-refractivity contribution in [2.24, 2.45) is 5.92 Å². The zero-order chi connectivity index (χ0) is 11.7. The molecule has 0 aliphatic carbocycles. The van der Waals surface area contributed by atoms with Gasteiger partial charge in [0.05, 0.1) is 10.6 Å². The molecular formula is C12H15ClN2O. The van der Waals surface area contributed by atoms with Crippen LogP contribution in [0.4, 0.5) is 0 Å². The van der Waals surface area contributed by atoms with Crippen molar-refractivity contribution in [3.63, 3.8) is 0 Å². The molecule has 0 N–H and O–H groups in total. The minimum absolute atomic E-state index is 0.00468. The van der Waals surface area contributed by atoms with Gasteiger partial charge in [-0.05, 0) is 25.3 Å². The van der Waals surface area contributed by atoms with Crippen molar-refractivity contribution in [2.75, 3.05) is 6.54 Å². The molecule has 0 radical (unpaired) electrons. The summed E-state index contributed by atoms with van der Waals surface area (Å²) in [6, 6.07) is 1.94. The zero-order valence-electron chi connectivity index (χ0n) is 9.48. The van der Waals surface area contributed by atoms with Gasteiger partial charge in [0, 0.05) is 25.0 Å². The largest absolute Gasteiger partial charge is 0.336 e. The van der Waals surface area contributed by atoms with Gasteiger partial charge in [-0.1, -0.05) is 18.5 Å². The highest BCUT2D eigenvalue weighted by molar-refractivity contribution is 6.33. The lowest BCUT2D eigenvalue weighted by Gasteiger charge is -2.21. The van der Waals surface area contributed by atoms with Gasteiger partial charge in [0.15, 0.2) is 0 Å². The number of rotatable bonds is 1. The van der Waals surface area contributed by atoms with Crippen LogP contribution in [-0.4, -0.2) is 28.4 Å². The molecule has 1 amide bonds. The molecule has 1 aromatic heterocycles. The predicted octanol–water partition coefficient (Wildman–Crippen LogP) is 2.61. The molecule has 2 unspecified atom stereocenters. The van der Waals surface area contributed by atoms with Crippen LogP contribution in [0.3, 0.4) is 0 Å². The van der Waals surface area contributed by atoms with E-state index in [-0.39, 0.29) is 5.91 Å². The summed E-state index contributed by atoms with van der Waals surface area (Å²) in [7, 11) is 0. The molecule has 0 spiro atoms. The van der Waals surface area contributed by atoms with Gasteiger partial charge in [-0.25, -0.2) is 0 Å². The third-order valence-electron chi connectivity index (χ3n) is 3.04. The first-order valence-electron chi connectivity index (χ1n) is 5.50. The molecule has 1 aliphatic rings. The van der Waals surface area contributed by atoms with Crippen LogP contribution in [0, 0.1) is 5.92 Å². The average Bonchev–Trinajstić information content (AvgIpc) is 2.58. The number of nitrogens with zero attached hydrogens (tertiary/aromatic N) is 2. The fourth-order valence-electron chi connectivity index (χ4n) is 2.27. The van der Waals surface area contributed by atoms with Crippen LogP contribution >= 0.6 is 11.6 Å².